The molecular formula is C12H16F2. The first-order valence-electron chi connectivity index (χ1n) is 5.16. The average Bonchev–Trinajstić information content (AvgIpc) is 2.18. The number of aryl methyl sites for hydroxylation is 2. The molecule has 0 heterocycles. The highest BCUT2D eigenvalue weighted by atomic mass is 19.2. The number of hydrogen-bond donors (Lipinski definition) is 0. The van der Waals surface area contributed by atoms with Crippen molar-refractivity contribution in [2.24, 2.45) is 0 Å². The van der Waals surface area contributed by atoms with Crippen LogP contribution in [0.4, 0.5) is 8.78 Å². The predicted molar refractivity (Wildman–Crippen MR) is 54.3 cm³/mol. The minimum Gasteiger partial charge on any atom is -0.203 e. The second-order valence-electron chi connectivity index (χ2n) is 3.51. The van der Waals surface area contributed by atoms with E-state index < -0.39 is 11.6 Å². The van der Waals surface area contributed by atoms with Crippen molar-refractivity contribution in [2.45, 2.75) is 39.5 Å². The van der Waals surface area contributed by atoms with Crippen LogP contribution in [0, 0.1) is 11.6 Å². The van der Waals surface area contributed by atoms with Crippen molar-refractivity contribution in [3.8, 4) is 0 Å². The van der Waals surface area contributed by atoms with Crippen LogP contribution in [-0.2, 0) is 12.8 Å². The molecule has 0 bridgehead atoms. The molecule has 0 saturated carbocycles. The van der Waals surface area contributed by atoms with Gasteiger partial charge in [-0.15, -0.1) is 0 Å². The molecule has 0 unspecified atom stereocenters. The lowest BCUT2D eigenvalue weighted by Crippen LogP contribution is -1.99. The molecule has 0 N–H and O–H groups in total. The lowest BCUT2D eigenvalue weighted by molar-refractivity contribution is 0.488. The van der Waals surface area contributed by atoms with Crippen molar-refractivity contribution >= 4 is 0 Å². The van der Waals surface area contributed by atoms with Crippen LogP contribution in [0.5, 0.6) is 0 Å². The summed E-state index contributed by atoms with van der Waals surface area (Å²) in [5.41, 5.74) is 0.981. The first-order chi connectivity index (χ1) is 6.70. The first kappa shape index (κ1) is 11.2. The Morgan fingerprint density at radius 3 is 1.50 bits per heavy atom. The molecule has 1 rings (SSSR count). The lowest BCUT2D eigenvalue weighted by Gasteiger charge is -2.06. The Morgan fingerprint density at radius 1 is 0.857 bits per heavy atom. The topological polar surface area (TPSA) is 0 Å². The third kappa shape index (κ3) is 2.31. The Morgan fingerprint density at radius 2 is 1.21 bits per heavy atom. The van der Waals surface area contributed by atoms with Crippen molar-refractivity contribution in [2.75, 3.05) is 0 Å². The zero-order valence-electron chi connectivity index (χ0n) is 8.74. The molecule has 1 aromatic rings. The molecular weight excluding hydrogens is 182 g/mol. The molecule has 2 heteroatoms. The molecule has 0 aromatic heterocycles. The minimum absolute atomic E-state index is 0.491. The van der Waals surface area contributed by atoms with E-state index in [4.69, 9.17) is 0 Å². The van der Waals surface area contributed by atoms with Gasteiger partial charge < -0.3 is 0 Å². The molecule has 0 spiro atoms. The van der Waals surface area contributed by atoms with Gasteiger partial charge in [0.05, 0.1) is 0 Å². The van der Waals surface area contributed by atoms with Crippen LogP contribution in [-0.4, -0.2) is 0 Å². The molecule has 0 aliphatic carbocycles. The van der Waals surface area contributed by atoms with E-state index >= 15 is 0 Å². The maximum Gasteiger partial charge on any atom is 0.162 e. The van der Waals surface area contributed by atoms with E-state index in [0.29, 0.717) is 24.0 Å². The van der Waals surface area contributed by atoms with Gasteiger partial charge >= 0.3 is 0 Å². The third-order valence-corrected chi connectivity index (χ3v) is 2.28. The van der Waals surface area contributed by atoms with Crippen molar-refractivity contribution in [1.29, 1.82) is 0 Å². The Kier molecular flexibility index (Phi) is 4.05. The normalized spacial score (nSPS) is 10.6. The van der Waals surface area contributed by atoms with Crippen LogP contribution in [0.25, 0.3) is 0 Å². The molecule has 14 heavy (non-hydrogen) atoms. The lowest BCUT2D eigenvalue weighted by atomic mass is 10.0. The zero-order chi connectivity index (χ0) is 10.6. The van der Waals surface area contributed by atoms with Crippen LogP contribution < -0.4 is 0 Å². The van der Waals surface area contributed by atoms with E-state index in [1.54, 1.807) is 12.1 Å². The summed E-state index contributed by atoms with van der Waals surface area (Å²) >= 11 is 0. The van der Waals surface area contributed by atoms with Crippen molar-refractivity contribution in [1.82, 2.24) is 0 Å². The fourth-order valence-electron chi connectivity index (χ4n) is 1.55. The van der Waals surface area contributed by atoms with E-state index in [9.17, 15) is 8.78 Å². The highest BCUT2D eigenvalue weighted by Crippen LogP contribution is 2.18. The monoisotopic (exact) mass is 198 g/mol. The van der Waals surface area contributed by atoms with Gasteiger partial charge in [-0.1, -0.05) is 38.8 Å². The van der Waals surface area contributed by atoms with Crippen LogP contribution in [0.1, 0.15) is 37.8 Å². The van der Waals surface area contributed by atoms with Crippen LogP contribution >= 0.6 is 0 Å². The van der Waals surface area contributed by atoms with E-state index in [1.165, 1.54) is 0 Å². The summed E-state index contributed by atoms with van der Waals surface area (Å²) in [5, 5.41) is 0. The molecule has 0 amide bonds. The molecule has 0 saturated heterocycles. The van der Waals surface area contributed by atoms with E-state index in [1.807, 2.05) is 13.8 Å². The SMILES string of the molecule is CCCc1ccc(CCC)c(F)c1F. The first-order valence-corrected chi connectivity index (χ1v) is 5.16. The average molecular weight is 198 g/mol. The van der Waals surface area contributed by atoms with Gasteiger partial charge in [-0.2, -0.15) is 0 Å². The summed E-state index contributed by atoms with van der Waals surface area (Å²) in [6.07, 6.45) is 2.89. The number of benzene rings is 1. The largest absolute Gasteiger partial charge is 0.203 e. The minimum atomic E-state index is -0.655. The number of halogens is 2. The summed E-state index contributed by atoms with van der Waals surface area (Å²) < 4.78 is 26.8. The third-order valence-electron chi connectivity index (χ3n) is 2.28. The summed E-state index contributed by atoms with van der Waals surface area (Å²) in [6.45, 7) is 3.91. The summed E-state index contributed by atoms with van der Waals surface area (Å²) in [4.78, 5) is 0. The van der Waals surface area contributed by atoms with Gasteiger partial charge in [-0.05, 0) is 24.0 Å². The smallest absolute Gasteiger partial charge is 0.162 e. The predicted octanol–water partition coefficient (Wildman–Crippen LogP) is 3.87. The zero-order valence-corrected chi connectivity index (χ0v) is 8.74. The molecule has 0 aliphatic rings. The summed E-state index contributed by atoms with van der Waals surface area (Å²) in [5.74, 6) is -1.31. The number of rotatable bonds is 4. The van der Waals surface area contributed by atoms with Gasteiger partial charge in [0.1, 0.15) is 0 Å². The van der Waals surface area contributed by atoms with Crippen LogP contribution in [0.2, 0.25) is 0 Å². The van der Waals surface area contributed by atoms with Gasteiger partial charge in [-0.3, -0.25) is 0 Å². The van der Waals surface area contributed by atoms with Gasteiger partial charge in [0, 0.05) is 0 Å². The Balaban J connectivity index is 2.99. The van der Waals surface area contributed by atoms with Gasteiger partial charge in [0.2, 0.25) is 0 Å². The van der Waals surface area contributed by atoms with Gasteiger partial charge in [0.15, 0.2) is 11.6 Å². The molecule has 0 nitrogen and oxygen atoms in total. The van der Waals surface area contributed by atoms with Crippen LogP contribution in [0.15, 0.2) is 12.1 Å². The molecule has 78 valence electrons. The highest BCUT2D eigenvalue weighted by molar-refractivity contribution is 5.26. The fourth-order valence-corrected chi connectivity index (χ4v) is 1.55. The standard InChI is InChI=1S/C12H16F2/c1-3-5-9-7-8-10(6-4-2)12(14)11(9)13/h7-8H,3-6H2,1-2H3. The second kappa shape index (κ2) is 5.08. The fraction of sp³-hybridized carbons (Fsp3) is 0.500. The molecule has 0 radical (unpaired) electrons. The maximum atomic E-state index is 13.4. The van der Waals surface area contributed by atoms with E-state index in [-0.39, 0.29) is 0 Å². The molecule has 0 aliphatic heterocycles. The summed E-state index contributed by atoms with van der Waals surface area (Å²) in [6, 6.07) is 3.40. The number of hydrogen-bond acceptors (Lipinski definition) is 0. The summed E-state index contributed by atoms with van der Waals surface area (Å²) in [7, 11) is 0. The molecule has 0 atom stereocenters. The second-order valence-corrected chi connectivity index (χ2v) is 3.51. The molecule has 0 fully saturated rings. The van der Waals surface area contributed by atoms with Crippen molar-refractivity contribution in [3.63, 3.8) is 0 Å². The van der Waals surface area contributed by atoms with Crippen molar-refractivity contribution in [3.05, 3.63) is 34.9 Å². The Labute approximate surface area is 84.0 Å². The quantitative estimate of drug-likeness (QED) is 0.689. The highest BCUT2D eigenvalue weighted by Gasteiger charge is 2.11. The Bertz CT molecular complexity index is 274. The van der Waals surface area contributed by atoms with Gasteiger partial charge in [0.25, 0.3) is 0 Å². The van der Waals surface area contributed by atoms with Crippen molar-refractivity contribution < 1.29 is 8.78 Å². The van der Waals surface area contributed by atoms with E-state index in [0.717, 1.165) is 12.8 Å². The van der Waals surface area contributed by atoms with E-state index in [2.05, 4.69) is 0 Å². The van der Waals surface area contributed by atoms with Crippen LogP contribution in [0.3, 0.4) is 0 Å². The molecule has 1 aromatic carbocycles. The maximum absolute atomic E-state index is 13.4. The van der Waals surface area contributed by atoms with Gasteiger partial charge in [-0.25, -0.2) is 8.78 Å². The Hall–Kier alpha value is -0.920.